The van der Waals surface area contributed by atoms with Gasteiger partial charge in [0, 0.05) is 22.3 Å². The van der Waals surface area contributed by atoms with Crippen LogP contribution in [0.4, 0.5) is 5.13 Å². The predicted molar refractivity (Wildman–Crippen MR) is 110 cm³/mol. The molecule has 1 aromatic carbocycles. The van der Waals surface area contributed by atoms with E-state index < -0.39 is 5.91 Å². The number of thiazole rings is 1. The van der Waals surface area contributed by atoms with Crippen LogP contribution in [-0.4, -0.2) is 30.5 Å². The molecule has 0 aliphatic rings. The highest BCUT2D eigenvalue weighted by Gasteiger charge is 2.17. The first kappa shape index (κ1) is 18.2. The number of aryl methyl sites for hydroxylation is 5. The van der Waals surface area contributed by atoms with Crippen LogP contribution in [0.25, 0.3) is 17.0 Å². The predicted octanol–water partition coefficient (Wildman–Crippen LogP) is 4.04. The zero-order valence-electron chi connectivity index (χ0n) is 16.4. The summed E-state index contributed by atoms with van der Waals surface area (Å²) in [5.41, 5.74) is 7.24. The lowest BCUT2D eigenvalue weighted by Gasteiger charge is -2.07. The molecule has 142 valence electrons. The Morgan fingerprint density at radius 3 is 2.50 bits per heavy atom. The van der Waals surface area contributed by atoms with Crippen molar-refractivity contribution < 1.29 is 4.79 Å². The van der Waals surface area contributed by atoms with E-state index in [2.05, 4.69) is 58.3 Å². The van der Waals surface area contributed by atoms with E-state index in [4.69, 9.17) is 0 Å². The van der Waals surface area contributed by atoms with Crippen molar-refractivity contribution in [3.63, 3.8) is 0 Å². The molecule has 7 nitrogen and oxygen atoms in total. The maximum absolute atomic E-state index is 12.6. The first-order valence-corrected chi connectivity index (χ1v) is 9.76. The molecule has 0 bridgehead atoms. The van der Waals surface area contributed by atoms with E-state index in [0.717, 1.165) is 28.2 Å². The van der Waals surface area contributed by atoms with Crippen LogP contribution in [0.1, 0.15) is 38.7 Å². The van der Waals surface area contributed by atoms with Crippen molar-refractivity contribution in [3.05, 3.63) is 57.5 Å². The van der Waals surface area contributed by atoms with Gasteiger partial charge in [-0.1, -0.05) is 6.07 Å². The maximum atomic E-state index is 12.6. The SMILES string of the molecule is Cc1cc(C)n2nc(C(=O)Nc3nc(-c4cc(C)c(C)cc4C)cs3)nc2n1. The Labute approximate surface area is 166 Å². The van der Waals surface area contributed by atoms with Gasteiger partial charge in [-0.05, 0) is 63.4 Å². The summed E-state index contributed by atoms with van der Waals surface area (Å²) in [4.78, 5) is 25.7. The number of hydrogen-bond donors (Lipinski definition) is 1. The fourth-order valence-electron chi connectivity index (χ4n) is 3.11. The molecular weight excluding hydrogens is 372 g/mol. The summed E-state index contributed by atoms with van der Waals surface area (Å²) in [5.74, 6) is 0.0776. The summed E-state index contributed by atoms with van der Waals surface area (Å²) in [5, 5.41) is 9.50. The Morgan fingerprint density at radius 2 is 1.71 bits per heavy atom. The summed E-state index contributed by atoms with van der Waals surface area (Å²) in [7, 11) is 0. The fraction of sp³-hybridized carbons (Fsp3) is 0.250. The molecule has 0 unspecified atom stereocenters. The second-order valence-corrected chi connectivity index (χ2v) is 7.79. The lowest BCUT2D eigenvalue weighted by Crippen LogP contribution is -2.13. The minimum atomic E-state index is -0.403. The molecule has 1 N–H and O–H groups in total. The van der Waals surface area contributed by atoms with E-state index in [1.807, 2.05) is 25.3 Å². The summed E-state index contributed by atoms with van der Waals surface area (Å²) in [6.45, 7) is 10.0. The number of anilines is 1. The zero-order chi connectivity index (χ0) is 20.0. The average Bonchev–Trinajstić information content (AvgIpc) is 3.25. The molecule has 0 saturated heterocycles. The van der Waals surface area contributed by atoms with Crippen molar-refractivity contribution in [2.24, 2.45) is 0 Å². The number of nitrogens with one attached hydrogen (secondary N) is 1. The highest BCUT2D eigenvalue weighted by atomic mass is 32.1. The van der Waals surface area contributed by atoms with E-state index in [1.165, 1.54) is 22.5 Å². The Balaban J connectivity index is 1.60. The van der Waals surface area contributed by atoms with Gasteiger partial charge in [0.05, 0.1) is 5.69 Å². The normalized spacial score (nSPS) is 11.2. The summed E-state index contributed by atoms with van der Waals surface area (Å²) in [6.07, 6.45) is 0. The van der Waals surface area contributed by atoms with Crippen molar-refractivity contribution >= 4 is 28.2 Å². The molecule has 4 aromatic rings. The van der Waals surface area contributed by atoms with Gasteiger partial charge in [-0.25, -0.2) is 14.5 Å². The second kappa shape index (κ2) is 6.79. The summed E-state index contributed by atoms with van der Waals surface area (Å²) >= 11 is 1.38. The molecule has 3 heterocycles. The van der Waals surface area contributed by atoms with Crippen LogP contribution >= 0.6 is 11.3 Å². The van der Waals surface area contributed by atoms with E-state index in [9.17, 15) is 4.79 Å². The molecule has 28 heavy (non-hydrogen) atoms. The molecule has 0 spiro atoms. The van der Waals surface area contributed by atoms with Crippen LogP contribution in [0.3, 0.4) is 0 Å². The molecule has 3 aromatic heterocycles. The van der Waals surface area contributed by atoms with E-state index >= 15 is 0 Å². The van der Waals surface area contributed by atoms with Gasteiger partial charge >= 0.3 is 0 Å². The number of benzene rings is 1. The van der Waals surface area contributed by atoms with Crippen molar-refractivity contribution in [2.45, 2.75) is 34.6 Å². The Bertz CT molecular complexity index is 1220. The number of carbonyl (C=O) groups is 1. The van der Waals surface area contributed by atoms with Crippen molar-refractivity contribution in [1.82, 2.24) is 24.6 Å². The molecule has 0 fully saturated rings. The highest BCUT2D eigenvalue weighted by Crippen LogP contribution is 2.29. The zero-order valence-corrected chi connectivity index (χ0v) is 17.2. The highest BCUT2D eigenvalue weighted by molar-refractivity contribution is 7.14. The topological polar surface area (TPSA) is 85.1 Å². The van der Waals surface area contributed by atoms with Crippen molar-refractivity contribution in [1.29, 1.82) is 0 Å². The molecule has 0 atom stereocenters. The monoisotopic (exact) mass is 392 g/mol. The van der Waals surface area contributed by atoms with Gasteiger partial charge in [-0.3, -0.25) is 10.1 Å². The molecule has 0 aliphatic heterocycles. The van der Waals surface area contributed by atoms with Gasteiger partial charge in [0.2, 0.25) is 5.82 Å². The second-order valence-electron chi connectivity index (χ2n) is 6.93. The molecule has 0 saturated carbocycles. The number of fused-ring (bicyclic) bond motifs is 1. The van der Waals surface area contributed by atoms with Gasteiger partial charge < -0.3 is 0 Å². The Hall–Kier alpha value is -3.13. The molecule has 0 radical (unpaired) electrons. The van der Waals surface area contributed by atoms with Gasteiger partial charge in [-0.2, -0.15) is 4.98 Å². The van der Waals surface area contributed by atoms with Crippen LogP contribution in [0, 0.1) is 34.6 Å². The van der Waals surface area contributed by atoms with Gasteiger partial charge in [0.1, 0.15) is 0 Å². The minimum Gasteiger partial charge on any atom is -0.295 e. The van der Waals surface area contributed by atoms with E-state index in [-0.39, 0.29) is 5.82 Å². The molecule has 4 rings (SSSR count). The molecule has 0 aliphatic carbocycles. The third-order valence-corrected chi connectivity index (χ3v) is 5.42. The Morgan fingerprint density at radius 1 is 0.964 bits per heavy atom. The molecule has 8 heteroatoms. The average molecular weight is 392 g/mol. The van der Waals surface area contributed by atoms with E-state index in [1.54, 1.807) is 4.52 Å². The lowest BCUT2D eigenvalue weighted by molar-refractivity contribution is 0.101. The van der Waals surface area contributed by atoms with Crippen LogP contribution in [0.15, 0.2) is 23.6 Å². The van der Waals surface area contributed by atoms with Gasteiger partial charge in [0.25, 0.3) is 11.7 Å². The third kappa shape index (κ3) is 3.27. The van der Waals surface area contributed by atoms with E-state index in [0.29, 0.717) is 10.9 Å². The van der Waals surface area contributed by atoms with Crippen LogP contribution in [0.2, 0.25) is 0 Å². The Kier molecular flexibility index (Phi) is 4.43. The number of aromatic nitrogens is 5. The molecular formula is C20H20N6OS. The number of amides is 1. The fourth-order valence-corrected chi connectivity index (χ4v) is 3.81. The quantitative estimate of drug-likeness (QED) is 0.569. The smallest absolute Gasteiger partial charge is 0.295 e. The lowest BCUT2D eigenvalue weighted by atomic mass is 9.99. The number of rotatable bonds is 3. The summed E-state index contributed by atoms with van der Waals surface area (Å²) in [6, 6.07) is 6.17. The first-order chi connectivity index (χ1) is 13.3. The number of nitrogens with zero attached hydrogens (tertiary/aromatic N) is 5. The number of carbonyl (C=O) groups excluding carboxylic acids is 1. The maximum Gasteiger partial charge on any atom is 0.297 e. The van der Waals surface area contributed by atoms with Crippen molar-refractivity contribution in [2.75, 3.05) is 5.32 Å². The standard InChI is InChI=1S/C20H20N6OS/c1-10-6-12(3)15(7-11(10)2)16-9-28-20(22-16)24-18(27)17-23-19-21-13(4)8-14(5)26(19)25-17/h6-9H,1-5H3,(H,22,24,27). The van der Waals surface area contributed by atoms with Crippen LogP contribution in [-0.2, 0) is 0 Å². The summed E-state index contributed by atoms with van der Waals surface area (Å²) < 4.78 is 1.56. The minimum absolute atomic E-state index is 0.0697. The van der Waals surface area contributed by atoms with Crippen LogP contribution in [0.5, 0.6) is 0 Å². The third-order valence-electron chi connectivity index (χ3n) is 4.66. The van der Waals surface area contributed by atoms with Crippen LogP contribution < -0.4 is 5.32 Å². The van der Waals surface area contributed by atoms with Gasteiger partial charge in [0.15, 0.2) is 5.13 Å². The molecule has 1 amide bonds. The van der Waals surface area contributed by atoms with Crippen molar-refractivity contribution in [3.8, 4) is 11.3 Å². The van der Waals surface area contributed by atoms with Gasteiger partial charge in [-0.15, -0.1) is 16.4 Å². The number of hydrogen-bond acceptors (Lipinski definition) is 6. The first-order valence-electron chi connectivity index (χ1n) is 8.88. The largest absolute Gasteiger partial charge is 0.297 e.